The van der Waals surface area contributed by atoms with Gasteiger partial charge in [-0.15, -0.1) is 0 Å². The molecule has 0 saturated carbocycles. The SMILES string of the molecule is CN1CC2(C=C[CH-]C=C2)/C(=C/c2ccccc2)C1=O. The van der Waals surface area contributed by atoms with Crippen molar-refractivity contribution in [2.75, 3.05) is 13.6 Å². The third-order valence-electron chi connectivity index (χ3n) is 3.70. The molecule has 0 atom stereocenters. The molecule has 1 amide bonds. The van der Waals surface area contributed by atoms with Crippen molar-refractivity contribution in [1.29, 1.82) is 0 Å². The van der Waals surface area contributed by atoms with Crippen molar-refractivity contribution < 1.29 is 4.79 Å². The second kappa shape index (κ2) is 4.47. The van der Waals surface area contributed by atoms with E-state index in [4.69, 9.17) is 0 Å². The maximum Gasteiger partial charge on any atom is 0.248 e. The molecule has 1 fully saturated rings. The number of benzene rings is 1. The summed E-state index contributed by atoms with van der Waals surface area (Å²) in [7, 11) is 1.86. The number of amides is 1. The number of carbonyl (C=O) groups is 1. The van der Waals surface area contributed by atoms with Crippen LogP contribution in [0.15, 0.2) is 60.2 Å². The lowest BCUT2D eigenvalue weighted by molar-refractivity contribution is -0.123. The standard InChI is InChI=1S/C17H16NO/c1-18-13-17(10-6-3-7-11-17)15(16(18)19)12-14-8-4-2-5-9-14/h2-12H,13H2,1H3/q-1/b15-12+. The van der Waals surface area contributed by atoms with Gasteiger partial charge in [0.1, 0.15) is 0 Å². The van der Waals surface area contributed by atoms with Gasteiger partial charge in [0.05, 0.1) is 0 Å². The van der Waals surface area contributed by atoms with Gasteiger partial charge in [0.25, 0.3) is 0 Å². The van der Waals surface area contributed by atoms with E-state index >= 15 is 0 Å². The lowest BCUT2D eigenvalue weighted by atomic mass is 9.78. The lowest BCUT2D eigenvalue weighted by Gasteiger charge is -2.31. The topological polar surface area (TPSA) is 20.3 Å². The molecular formula is C17H16NO-. The minimum atomic E-state index is -0.267. The lowest BCUT2D eigenvalue weighted by Crippen LogP contribution is -2.23. The van der Waals surface area contributed by atoms with Crippen LogP contribution in [0.4, 0.5) is 0 Å². The normalized spacial score (nSPS) is 22.3. The highest BCUT2D eigenvalue weighted by atomic mass is 16.2. The van der Waals surface area contributed by atoms with Crippen LogP contribution in [0.2, 0.25) is 0 Å². The Morgan fingerprint density at radius 1 is 1.21 bits per heavy atom. The number of likely N-dealkylation sites (tertiary alicyclic amines) is 1. The van der Waals surface area contributed by atoms with Crippen LogP contribution in [0.25, 0.3) is 6.08 Å². The Morgan fingerprint density at radius 3 is 2.58 bits per heavy atom. The number of carbonyl (C=O) groups excluding carboxylic acids is 1. The maximum absolute atomic E-state index is 12.4. The fraction of sp³-hybridized carbons (Fsp3) is 0.176. The Kier molecular flexibility index (Phi) is 2.79. The molecule has 0 unspecified atom stereocenters. The van der Waals surface area contributed by atoms with Gasteiger partial charge in [-0.05, 0) is 17.1 Å². The Labute approximate surface area is 113 Å². The van der Waals surface area contributed by atoms with E-state index in [0.29, 0.717) is 6.54 Å². The van der Waals surface area contributed by atoms with Gasteiger partial charge in [-0.25, -0.2) is 0 Å². The van der Waals surface area contributed by atoms with Crippen LogP contribution < -0.4 is 0 Å². The largest absolute Gasteiger partial charge is 0.343 e. The molecule has 1 aromatic rings. The van der Waals surface area contributed by atoms with Crippen molar-refractivity contribution in [2.24, 2.45) is 5.41 Å². The summed E-state index contributed by atoms with van der Waals surface area (Å²) in [5, 5.41) is 0. The van der Waals surface area contributed by atoms with Gasteiger partial charge in [-0.1, -0.05) is 30.3 Å². The predicted octanol–water partition coefficient (Wildman–Crippen LogP) is 2.86. The summed E-state index contributed by atoms with van der Waals surface area (Å²) in [6.07, 6.45) is 12.3. The van der Waals surface area contributed by atoms with Crippen LogP contribution in [0.5, 0.6) is 0 Å². The van der Waals surface area contributed by atoms with Crippen molar-refractivity contribution >= 4 is 12.0 Å². The molecule has 0 N–H and O–H groups in total. The molecule has 1 heterocycles. The summed E-state index contributed by atoms with van der Waals surface area (Å²) < 4.78 is 0. The Hall–Kier alpha value is -2.22. The smallest absolute Gasteiger partial charge is 0.248 e. The van der Waals surface area contributed by atoms with E-state index in [9.17, 15) is 4.79 Å². The van der Waals surface area contributed by atoms with Gasteiger partial charge >= 0.3 is 0 Å². The molecule has 0 bridgehead atoms. The van der Waals surface area contributed by atoms with Crippen molar-refractivity contribution in [3.8, 4) is 0 Å². The summed E-state index contributed by atoms with van der Waals surface area (Å²) in [4.78, 5) is 14.1. The number of hydrogen-bond acceptors (Lipinski definition) is 1. The van der Waals surface area contributed by atoms with Gasteiger partial charge in [-0.2, -0.15) is 30.7 Å². The number of likely N-dealkylation sites (N-methyl/N-ethyl adjacent to an activating group) is 1. The fourth-order valence-electron chi connectivity index (χ4n) is 2.73. The van der Waals surface area contributed by atoms with Gasteiger partial charge in [0, 0.05) is 19.2 Å². The third-order valence-corrected chi connectivity index (χ3v) is 3.70. The second-order valence-electron chi connectivity index (χ2n) is 5.08. The van der Waals surface area contributed by atoms with Crippen molar-refractivity contribution in [1.82, 2.24) is 4.90 Å². The Bertz CT molecular complexity index is 569. The van der Waals surface area contributed by atoms with Gasteiger partial charge in [0.15, 0.2) is 0 Å². The van der Waals surface area contributed by atoms with Crippen LogP contribution in [0.3, 0.4) is 0 Å². The zero-order chi connectivity index (χ0) is 13.3. The van der Waals surface area contributed by atoms with Crippen LogP contribution in [0.1, 0.15) is 5.56 Å². The van der Waals surface area contributed by atoms with E-state index in [-0.39, 0.29) is 11.3 Å². The first kappa shape index (κ1) is 11.8. The van der Waals surface area contributed by atoms with Crippen molar-refractivity contribution in [3.63, 3.8) is 0 Å². The van der Waals surface area contributed by atoms with Crippen LogP contribution in [-0.2, 0) is 4.79 Å². The summed E-state index contributed by atoms with van der Waals surface area (Å²) in [6.45, 7) is 0.714. The molecular weight excluding hydrogens is 234 g/mol. The monoisotopic (exact) mass is 250 g/mol. The zero-order valence-electron chi connectivity index (χ0n) is 10.9. The zero-order valence-corrected chi connectivity index (χ0v) is 10.9. The first-order valence-electron chi connectivity index (χ1n) is 6.44. The Balaban J connectivity index is 2.08. The van der Waals surface area contributed by atoms with Crippen LogP contribution in [-0.4, -0.2) is 24.4 Å². The summed E-state index contributed by atoms with van der Waals surface area (Å²) in [6, 6.07) is 10.0. The van der Waals surface area contributed by atoms with E-state index in [1.165, 1.54) is 0 Å². The van der Waals surface area contributed by atoms with Gasteiger partial charge < -0.3 is 4.90 Å². The van der Waals surface area contributed by atoms with E-state index in [0.717, 1.165) is 11.1 Å². The van der Waals surface area contributed by atoms with Crippen LogP contribution in [0, 0.1) is 11.8 Å². The quantitative estimate of drug-likeness (QED) is 0.554. The number of allylic oxidation sites excluding steroid dienone is 2. The molecule has 2 nitrogen and oxygen atoms in total. The number of nitrogens with zero attached hydrogens (tertiary/aromatic N) is 1. The first-order valence-corrected chi connectivity index (χ1v) is 6.44. The summed E-state index contributed by atoms with van der Waals surface area (Å²) in [5.74, 6) is 0.111. The molecule has 2 heteroatoms. The van der Waals surface area contributed by atoms with E-state index < -0.39 is 0 Å². The number of rotatable bonds is 1. The van der Waals surface area contributed by atoms with Gasteiger partial charge in [0.2, 0.25) is 5.91 Å². The maximum atomic E-state index is 12.4. The summed E-state index contributed by atoms with van der Waals surface area (Å²) in [5.41, 5.74) is 1.65. The molecule has 1 spiro atoms. The summed E-state index contributed by atoms with van der Waals surface area (Å²) >= 11 is 0. The predicted molar refractivity (Wildman–Crippen MR) is 77.1 cm³/mol. The highest BCUT2D eigenvalue weighted by Gasteiger charge is 2.38. The molecule has 0 aromatic heterocycles. The number of hydrogen-bond donors (Lipinski definition) is 0. The minimum Gasteiger partial charge on any atom is -0.343 e. The molecule has 1 aromatic carbocycles. The highest BCUT2D eigenvalue weighted by molar-refractivity contribution is 6.02. The molecule has 1 aliphatic carbocycles. The molecule has 3 rings (SSSR count). The first-order chi connectivity index (χ1) is 9.21. The second-order valence-corrected chi connectivity index (χ2v) is 5.08. The molecule has 2 aliphatic rings. The molecule has 1 saturated heterocycles. The highest BCUT2D eigenvalue weighted by Crippen LogP contribution is 2.41. The Morgan fingerprint density at radius 2 is 1.89 bits per heavy atom. The van der Waals surface area contributed by atoms with Crippen LogP contribution >= 0.6 is 0 Å². The average Bonchev–Trinajstić information content (AvgIpc) is 2.66. The van der Waals surface area contributed by atoms with Gasteiger partial charge in [-0.3, -0.25) is 4.79 Å². The minimum absolute atomic E-state index is 0.111. The molecule has 96 valence electrons. The molecule has 19 heavy (non-hydrogen) atoms. The average molecular weight is 250 g/mol. The van der Waals surface area contributed by atoms with E-state index in [1.54, 1.807) is 4.90 Å². The van der Waals surface area contributed by atoms with E-state index in [2.05, 4.69) is 12.2 Å². The van der Waals surface area contributed by atoms with E-state index in [1.807, 2.05) is 62.0 Å². The van der Waals surface area contributed by atoms with Crippen molar-refractivity contribution in [3.05, 3.63) is 72.2 Å². The third kappa shape index (κ3) is 1.99. The van der Waals surface area contributed by atoms with Crippen molar-refractivity contribution in [2.45, 2.75) is 0 Å². The fourth-order valence-corrected chi connectivity index (χ4v) is 2.73. The molecule has 0 radical (unpaired) electrons. The molecule has 1 aliphatic heterocycles.